The number of nitrogens with zero attached hydrogens (tertiary/aromatic N) is 1. The molecule has 3 rings (SSSR count). The number of furan rings is 1. The predicted molar refractivity (Wildman–Crippen MR) is 80.5 cm³/mol. The molecule has 2 aromatic rings. The number of carbonyl (C=O) groups excluding carboxylic acids is 1. The van der Waals surface area contributed by atoms with Gasteiger partial charge in [-0.05, 0) is 49.2 Å². The van der Waals surface area contributed by atoms with Crippen LogP contribution < -0.4 is 5.32 Å². The minimum atomic E-state index is -0.232. The van der Waals surface area contributed by atoms with Crippen molar-refractivity contribution in [1.29, 1.82) is 0 Å². The molecule has 0 aliphatic carbocycles. The smallest absolute Gasteiger partial charge is 0.234 e. The first-order valence-corrected chi connectivity index (χ1v) is 7.51. The highest BCUT2D eigenvalue weighted by atomic mass is 19.1. The van der Waals surface area contributed by atoms with Crippen molar-refractivity contribution in [3.05, 3.63) is 59.8 Å². The number of rotatable bonds is 5. The van der Waals surface area contributed by atoms with Gasteiger partial charge in [0.15, 0.2) is 0 Å². The van der Waals surface area contributed by atoms with E-state index in [9.17, 15) is 9.18 Å². The summed E-state index contributed by atoms with van der Waals surface area (Å²) in [5.74, 6) is 0.486. The number of hydrogen-bond donors (Lipinski definition) is 1. The number of likely N-dealkylation sites (tertiary alicyclic amines) is 1. The molecule has 0 saturated carbocycles. The summed E-state index contributed by atoms with van der Waals surface area (Å²) in [5, 5.41) is 2.86. The largest absolute Gasteiger partial charge is 0.467 e. The summed E-state index contributed by atoms with van der Waals surface area (Å²) in [5.41, 5.74) is 1.07. The van der Waals surface area contributed by atoms with E-state index in [1.165, 1.54) is 12.1 Å². The third-order valence-corrected chi connectivity index (χ3v) is 4.01. The summed E-state index contributed by atoms with van der Waals surface area (Å²) in [7, 11) is 0. The molecule has 1 saturated heterocycles. The zero-order valence-corrected chi connectivity index (χ0v) is 12.3. The monoisotopic (exact) mass is 302 g/mol. The van der Waals surface area contributed by atoms with Gasteiger partial charge in [0.25, 0.3) is 0 Å². The third kappa shape index (κ3) is 3.54. The first-order chi connectivity index (χ1) is 10.7. The van der Waals surface area contributed by atoms with Gasteiger partial charge in [0.05, 0.1) is 19.4 Å². The molecule has 4 nitrogen and oxygen atoms in total. The summed E-state index contributed by atoms with van der Waals surface area (Å²) in [4.78, 5) is 14.2. The minimum absolute atomic E-state index is 0.0228. The molecular weight excluding hydrogens is 283 g/mol. The highest BCUT2D eigenvalue weighted by Crippen LogP contribution is 2.31. The number of carbonyl (C=O) groups is 1. The van der Waals surface area contributed by atoms with Gasteiger partial charge in [-0.2, -0.15) is 0 Å². The second-order valence-corrected chi connectivity index (χ2v) is 5.54. The molecule has 1 fully saturated rings. The van der Waals surface area contributed by atoms with Gasteiger partial charge in [0.2, 0.25) is 5.91 Å². The fourth-order valence-corrected chi connectivity index (χ4v) is 2.92. The van der Waals surface area contributed by atoms with Crippen LogP contribution in [-0.4, -0.2) is 23.9 Å². The van der Waals surface area contributed by atoms with Crippen molar-refractivity contribution in [1.82, 2.24) is 10.2 Å². The minimum Gasteiger partial charge on any atom is -0.467 e. The van der Waals surface area contributed by atoms with E-state index >= 15 is 0 Å². The Morgan fingerprint density at radius 1 is 1.32 bits per heavy atom. The van der Waals surface area contributed by atoms with E-state index in [0.717, 1.165) is 30.7 Å². The summed E-state index contributed by atoms with van der Waals surface area (Å²) in [6.07, 6.45) is 3.64. The average molecular weight is 302 g/mol. The van der Waals surface area contributed by atoms with Crippen LogP contribution in [0.4, 0.5) is 4.39 Å². The summed E-state index contributed by atoms with van der Waals surface area (Å²) < 4.78 is 18.2. The molecule has 1 atom stereocenters. The number of hydrogen-bond acceptors (Lipinski definition) is 3. The Morgan fingerprint density at radius 3 is 2.86 bits per heavy atom. The van der Waals surface area contributed by atoms with E-state index in [1.54, 1.807) is 24.5 Å². The first kappa shape index (κ1) is 14.8. The Bertz CT molecular complexity index is 610. The molecule has 1 aliphatic rings. The summed E-state index contributed by atoms with van der Waals surface area (Å²) in [6.45, 7) is 1.64. The quantitative estimate of drug-likeness (QED) is 0.923. The van der Waals surface area contributed by atoms with E-state index in [0.29, 0.717) is 13.1 Å². The van der Waals surface area contributed by atoms with Gasteiger partial charge in [0, 0.05) is 6.04 Å². The van der Waals surface area contributed by atoms with Crippen LogP contribution in [0.2, 0.25) is 0 Å². The number of nitrogens with one attached hydrogen (secondary N) is 1. The van der Waals surface area contributed by atoms with Gasteiger partial charge in [-0.25, -0.2) is 4.39 Å². The van der Waals surface area contributed by atoms with E-state index in [2.05, 4.69) is 10.2 Å². The Labute approximate surface area is 128 Å². The van der Waals surface area contributed by atoms with Crippen molar-refractivity contribution < 1.29 is 13.6 Å². The highest BCUT2D eigenvalue weighted by molar-refractivity contribution is 5.78. The summed E-state index contributed by atoms with van der Waals surface area (Å²) >= 11 is 0. The highest BCUT2D eigenvalue weighted by Gasteiger charge is 2.27. The fraction of sp³-hybridized carbons (Fsp3) is 0.353. The molecule has 0 bridgehead atoms. The molecule has 1 amide bonds. The zero-order chi connectivity index (χ0) is 15.4. The van der Waals surface area contributed by atoms with E-state index in [-0.39, 0.29) is 17.8 Å². The van der Waals surface area contributed by atoms with E-state index in [1.807, 2.05) is 6.07 Å². The fourth-order valence-electron chi connectivity index (χ4n) is 2.92. The van der Waals surface area contributed by atoms with Gasteiger partial charge in [-0.3, -0.25) is 9.69 Å². The lowest BCUT2D eigenvalue weighted by molar-refractivity contribution is -0.122. The summed E-state index contributed by atoms with van der Waals surface area (Å²) in [6, 6.07) is 10.4. The van der Waals surface area contributed by atoms with Crippen molar-refractivity contribution in [3.8, 4) is 0 Å². The normalized spacial score (nSPS) is 18.5. The maximum atomic E-state index is 13.0. The molecule has 1 aromatic heterocycles. The second-order valence-electron chi connectivity index (χ2n) is 5.54. The SMILES string of the molecule is O=C(CN1CCC[C@H]1c1ccc(F)cc1)NCc1ccco1. The van der Waals surface area contributed by atoms with Crippen molar-refractivity contribution in [2.24, 2.45) is 0 Å². The van der Waals surface area contributed by atoms with Crippen LogP contribution in [0, 0.1) is 5.82 Å². The van der Waals surface area contributed by atoms with Gasteiger partial charge in [-0.15, -0.1) is 0 Å². The van der Waals surface area contributed by atoms with Crippen LogP contribution in [0.3, 0.4) is 0 Å². The van der Waals surface area contributed by atoms with Crippen LogP contribution in [0.1, 0.15) is 30.2 Å². The van der Waals surface area contributed by atoms with Crippen LogP contribution in [0.5, 0.6) is 0 Å². The molecular formula is C17H19FN2O2. The predicted octanol–water partition coefficient (Wildman–Crippen LogP) is 2.87. The Balaban J connectivity index is 1.56. The maximum absolute atomic E-state index is 13.0. The van der Waals surface area contributed by atoms with Crippen molar-refractivity contribution in [2.75, 3.05) is 13.1 Å². The first-order valence-electron chi connectivity index (χ1n) is 7.51. The standard InChI is InChI=1S/C17H19FN2O2/c18-14-7-5-13(6-8-14)16-4-1-9-20(16)12-17(21)19-11-15-3-2-10-22-15/h2-3,5-8,10,16H,1,4,9,11-12H2,(H,19,21)/t16-/m0/s1. The zero-order valence-electron chi connectivity index (χ0n) is 12.3. The van der Waals surface area contributed by atoms with Crippen molar-refractivity contribution in [2.45, 2.75) is 25.4 Å². The molecule has 0 unspecified atom stereocenters. The second kappa shape index (κ2) is 6.75. The van der Waals surface area contributed by atoms with E-state index in [4.69, 9.17) is 4.42 Å². The Hall–Kier alpha value is -2.14. The lowest BCUT2D eigenvalue weighted by Gasteiger charge is -2.24. The molecule has 5 heteroatoms. The lowest BCUT2D eigenvalue weighted by Crippen LogP contribution is -2.36. The molecule has 22 heavy (non-hydrogen) atoms. The lowest BCUT2D eigenvalue weighted by atomic mass is 10.0. The molecule has 0 radical (unpaired) electrons. The van der Waals surface area contributed by atoms with Crippen LogP contribution in [0.15, 0.2) is 47.1 Å². The molecule has 2 heterocycles. The molecule has 116 valence electrons. The van der Waals surface area contributed by atoms with Crippen LogP contribution in [0.25, 0.3) is 0 Å². The van der Waals surface area contributed by atoms with E-state index < -0.39 is 0 Å². The number of amides is 1. The number of benzene rings is 1. The molecule has 1 aromatic carbocycles. The van der Waals surface area contributed by atoms with Crippen LogP contribution >= 0.6 is 0 Å². The molecule has 1 aliphatic heterocycles. The van der Waals surface area contributed by atoms with Crippen molar-refractivity contribution in [3.63, 3.8) is 0 Å². The van der Waals surface area contributed by atoms with Gasteiger partial charge >= 0.3 is 0 Å². The third-order valence-electron chi connectivity index (χ3n) is 4.01. The van der Waals surface area contributed by atoms with Crippen molar-refractivity contribution >= 4 is 5.91 Å². The molecule has 1 N–H and O–H groups in total. The van der Waals surface area contributed by atoms with Gasteiger partial charge < -0.3 is 9.73 Å². The topological polar surface area (TPSA) is 45.5 Å². The average Bonchev–Trinajstić information content (AvgIpc) is 3.17. The maximum Gasteiger partial charge on any atom is 0.234 e. The van der Waals surface area contributed by atoms with Gasteiger partial charge in [-0.1, -0.05) is 12.1 Å². The molecule has 0 spiro atoms. The Morgan fingerprint density at radius 2 is 2.14 bits per heavy atom. The van der Waals surface area contributed by atoms with Crippen LogP contribution in [-0.2, 0) is 11.3 Å². The number of halogens is 1. The van der Waals surface area contributed by atoms with Gasteiger partial charge in [0.1, 0.15) is 11.6 Å². The Kier molecular flexibility index (Phi) is 4.53.